The number of aryl methyl sites for hydroxylation is 1. The third-order valence-electron chi connectivity index (χ3n) is 3.04. The van der Waals surface area contributed by atoms with Crippen LogP contribution in [0.2, 0.25) is 0 Å². The van der Waals surface area contributed by atoms with Crippen molar-refractivity contribution in [1.82, 2.24) is 5.32 Å². The zero-order valence-corrected chi connectivity index (χ0v) is 12.2. The lowest BCUT2D eigenvalue weighted by Gasteiger charge is -2.21. The number of rotatable bonds is 7. The first kappa shape index (κ1) is 17.1. The van der Waals surface area contributed by atoms with Crippen LogP contribution in [0, 0.1) is 5.82 Å². The molecule has 0 aromatic heterocycles. The first-order valence-corrected chi connectivity index (χ1v) is 6.77. The molecule has 0 bridgehead atoms. The number of carbonyl (C=O) groups is 2. The predicted octanol–water partition coefficient (Wildman–Crippen LogP) is 1.46. The smallest absolute Gasteiger partial charge is 0.326 e. The van der Waals surface area contributed by atoms with E-state index in [0.29, 0.717) is 12.8 Å². The van der Waals surface area contributed by atoms with Crippen molar-refractivity contribution in [3.05, 3.63) is 35.6 Å². The molecule has 0 fully saturated rings. The average molecular weight is 296 g/mol. The van der Waals surface area contributed by atoms with E-state index in [0.717, 1.165) is 5.56 Å². The molecule has 5 nitrogen and oxygen atoms in total. The normalized spacial score (nSPS) is 12.8. The van der Waals surface area contributed by atoms with E-state index in [-0.39, 0.29) is 12.2 Å². The minimum atomic E-state index is -1.13. The molecule has 1 unspecified atom stereocenters. The Hall–Kier alpha value is -1.95. The predicted molar refractivity (Wildman–Crippen MR) is 77.2 cm³/mol. The fourth-order valence-corrected chi connectivity index (χ4v) is 1.80. The van der Waals surface area contributed by atoms with Crippen LogP contribution in [0.3, 0.4) is 0 Å². The molecule has 0 aliphatic heterocycles. The number of hydrogen-bond acceptors (Lipinski definition) is 3. The van der Waals surface area contributed by atoms with Gasteiger partial charge in [0.25, 0.3) is 0 Å². The summed E-state index contributed by atoms with van der Waals surface area (Å²) in [4.78, 5) is 22.9. The van der Waals surface area contributed by atoms with Crippen molar-refractivity contribution in [2.45, 2.75) is 44.7 Å². The summed E-state index contributed by atoms with van der Waals surface area (Å²) in [6.45, 7) is 3.02. The third kappa shape index (κ3) is 5.91. The van der Waals surface area contributed by atoms with Crippen molar-refractivity contribution in [3.63, 3.8) is 0 Å². The molecule has 0 aliphatic carbocycles. The van der Waals surface area contributed by atoms with Gasteiger partial charge in [0.15, 0.2) is 0 Å². The van der Waals surface area contributed by atoms with Crippen molar-refractivity contribution in [2.75, 3.05) is 0 Å². The summed E-state index contributed by atoms with van der Waals surface area (Å²) in [5.74, 6) is -1.94. The van der Waals surface area contributed by atoms with Crippen LogP contribution in [-0.4, -0.2) is 28.6 Å². The lowest BCUT2D eigenvalue weighted by atomic mass is 10.0. The number of carboxylic acids is 1. The van der Waals surface area contributed by atoms with E-state index in [1.165, 1.54) is 26.0 Å². The molecule has 0 saturated heterocycles. The fourth-order valence-electron chi connectivity index (χ4n) is 1.80. The van der Waals surface area contributed by atoms with E-state index in [9.17, 15) is 14.0 Å². The van der Waals surface area contributed by atoms with Gasteiger partial charge in [-0.2, -0.15) is 0 Å². The van der Waals surface area contributed by atoms with Crippen molar-refractivity contribution in [3.8, 4) is 0 Å². The van der Waals surface area contributed by atoms with Crippen molar-refractivity contribution in [1.29, 1.82) is 0 Å². The summed E-state index contributed by atoms with van der Waals surface area (Å²) in [5.41, 5.74) is 5.28. The van der Waals surface area contributed by atoms with E-state index >= 15 is 0 Å². The van der Waals surface area contributed by atoms with Crippen LogP contribution >= 0.6 is 0 Å². The number of halogens is 1. The standard InChI is InChI=1S/C15H21FN2O3/c1-15(2,17)14(21)18-12(13(19)20)8-4-6-10-5-3-7-11(16)9-10/h3,5,7,9,12H,4,6,8,17H2,1-2H3,(H,18,21)(H,19,20). The van der Waals surface area contributed by atoms with Gasteiger partial charge in [-0.3, -0.25) is 4.79 Å². The molecule has 1 amide bonds. The highest BCUT2D eigenvalue weighted by Gasteiger charge is 2.27. The maximum absolute atomic E-state index is 13.0. The summed E-state index contributed by atoms with van der Waals surface area (Å²) in [6, 6.07) is 5.16. The third-order valence-corrected chi connectivity index (χ3v) is 3.04. The molecule has 1 aromatic rings. The van der Waals surface area contributed by atoms with Crippen LogP contribution in [-0.2, 0) is 16.0 Å². The lowest BCUT2D eigenvalue weighted by Crippen LogP contribution is -2.54. The molecular weight excluding hydrogens is 275 g/mol. The van der Waals surface area contributed by atoms with Crippen LogP contribution in [0.1, 0.15) is 32.3 Å². The molecular formula is C15H21FN2O3. The quantitative estimate of drug-likeness (QED) is 0.710. The Morgan fingerprint density at radius 1 is 1.43 bits per heavy atom. The minimum absolute atomic E-state index is 0.258. The molecule has 0 spiro atoms. The highest BCUT2D eigenvalue weighted by atomic mass is 19.1. The summed E-state index contributed by atoms with van der Waals surface area (Å²) in [5, 5.41) is 11.5. The maximum atomic E-state index is 13.0. The summed E-state index contributed by atoms with van der Waals surface area (Å²) < 4.78 is 13.0. The molecule has 4 N–H and O–H groups in total. The Bertz CT molecular complexity index is 512. The van der Waals surface area contributed by atoms with Gasteiger partial charge < -0.3 is 16.2 Å². The van der Waals surface area contributed by atoms with Crippen LogP contribution in [0.4, 0.5) is 4.39 Å². The van der Waals surface area contributed by atoms with Crippen molar-refractivity contribution < 1.29 is 19.1 Å². The molecule has 1 aromatic carbocycles. The molecule has 6 heteroatoms. The molecule has 0 saturated carbocycles. The molecule has 116 valence electrons. The summed E-state index contributed by atoms with van der Waals surface area (Å²) in [6.07, 6.45) is 1.32. The van der Waals surface area contributed by atoms with Gasteiger partial charge in [-0.15, -0.1) is 0 Å². The number of amides is 1. The van der Waals surface area contributed by atoms with Gasteiger partial charge in [-0.1, -0.05) is 12.1 Å². The molecule has 1 atom stereocenters. The number of carbonyl (C=O) groups excluding carboxylic acids is 1. The van der Waals surface area contributed by atoms with Gasteiger partial charge in [0.05, 0.1) is 5.54 Å². The Morgan fingerprint density at radius 2 is 2.10 bits per heavy atom. The number of benzene rings is 1. The Balaban J connectivity index is 2.52. The van der Waals surface area contributed by atoms with Gasteiger partial charge in [-0.05, 0) is 50.8 Å². The number of aliphatic carboxylic acids is 1. The first-order valence-electron chi connectivity index (χ1n) is 6.77. The van der Waals surface area contributed by atoms with Crippen molar-refractivity contribution in [2.24, 2.45) is 5.73 Å². The SMILES string of the molecule is CC(C)(N)C(=O)NC(CCCc1cccc(F)c1)C(=O)O. The van der Waals surface area contributed by atoms with Gasteiger partial charge >= 0.3 is 5.97 Å². The Kier molecular flexibility index (Phi) is 5.84. The zero-order valence-electron chi connectivity index (χ0n) is 12.2. The molecule has 0 aliphatic rings. The van der Waals surface area contributed by atoms with E-state index < -0.39 is 23.5 Å². The lowest BCUT2D eigenvalue weighted by molar-refractivity contribution is -0.142. The van der Waals surface area contributed by atoms with E-state index in [4.69, 9.17) is 10.8 Å². The molecule has 21 heavy (non-hydrogen) atoms. The second-order valence-corrected chi connectivity index (χ2v) is 5.61. The topological polar surface area (TPSA) is 92.4 Å². The highest BCUT2D eigenvalue weighted by Crippen LogP contribution is 2.10. The van der Waals surface area contributed by atoms with Gasteiger partial charge in [0.1, 0.15) is 11.9 Å². The maximum Gasteiger partial charge on any atom is 0.326 e. The first-order chi connectivity index (χ1) is 9.70. The van der Waals surface area contributed by atoms with Crippen LogP contribution in [0.25, 0.3) is 0 Å². The number of carboxylic acid groups (broad SMARTS) is 1. The fraction of sp³-hybridized carbons (Fsp3) is 0.467. The molecule has 0 heterocycles. The average Bonchev–Trinajstić information content (AvgIpc) is 2.36. The monoisotopic (exact) mass is 296 g/mol. The Morgan fingerprint density at radius 3 is 2.62 bits per heavy atom. The zero-order chi connectivity index (χ0) is 16.0. The Labute approximate surface area is 123 Å². The van der Waals surface area contributed by atoms with Crippen LogP contribution in [0.15, 0.2) is 24.3 Å². The summed E-state index contributed by atoms with van der Waals surface area (Å²) in [7, 11) is 0. The number of nitrogens with two attached hydrogens (primary N) is 1. The van der Waals surface area contributed by atoms with Gasteiger partial charge in [-0.25, -0.2) is 9.18 Å². The number of nitrogens with one attached hydrogen (secondary N) is 1. The van der Waals surface area contributed by atoms with E-state index in [1.807, 2.05) is 0 Å². The second kappa shape index (κ2) is 7.17. The molecule has 1 rings (SSSR count). The van der Waals surface area contributed by atoms with Gasteiger partial charge in [0, 0.05) is 0 Å². The highest BCUT2D eigenvalue weighted by molar-refractivity contribution is 5.89. The van der Waals surface area contributed by atoms with Crippen LogP contribution in [0.5, 0.6) is 0 Å². The second-order valence-electron chi connectivity index (χ2n) is 5.61. The number of hydrogen-bond donors (Lipinski definition) is 3. The van der Waals surface area contributed by atoms with Gasteiger partial charge in [0.2, 0.25) is 5.91 Å². The van der Waals surface area contributed by atoms with Crippen LogP contribution < -0.4 is 11.1 Å². The van der Waals surface area contributed by atoms with Crippen molar-refractivity contribution >= 4 is 11.9 Å². The summed E-state index contributed by atoms with van der Waals surface area (Å²) >= 11 is 0. The van der Waals surface area contributed by atoms with E-state index in [2.05, 4.69) is 5.32 Å². The van der Waals surface area contributed by atoms with E-state index in [1.54, 1.807) is 12.1 Å². The minimum Gasteiger partial charge on any atom is -0.480 e. The largest absolute Gasteiger partial charge is 0.480 e. The molecule has 0 radical (unpaired) electrons.